The van der Waals surface area contributed by atoms with Crippen LogP contribution in [0.25, 0.3) is 0 Å². The molecule has 0 aromatic carbocycles. The molecule has 0 amide bonds. The van der Waals surface area contributed by atoms with Gasteiger partial charge in [0.25, 0.3) is 0 Å². The van der Waals surface area contributed by atoms with Crippen LogP contribution < -0.4 is 11.1 Å². The summed E-state index contributed by atoms with van der Waals surface area (Å²) < 4.78 is 5.71. The molecule has 0 aliphatic heterocycles. The van der Waals surface area contributed by atoms with Crippen LogP contribution >= 0.6 is 0 Å². The maximum absolute atomic E-state index is 5.71. The van der Waals surface area contributed by atoms with Gasteiger partial charge in [-0.25, -0.2) is 4.98 Å². The highest BCUT2D eigenvalue weighted by Gasteiger charge is 2.14. The minimum atomic E-state index is 0.462. The van der Waals surface area contributed by atoms with Gasteiger partial charge in [-0.3, -0.25) is 0 Å². The summed E-state index contributed by atoms with van der Waals surface area (Å²) in [7, 11) is 0. The zero-order chi connectivity index (χ0) is 11.2. The van der Waals surface area contributed by atoms with Crippen LogP contribution in [0, 0.1) is 0 Å². The molecular formula is C11H18N4O. The Kier molecular flexibility index (Phi) is 3.93. The van der Waals surface area contributed by atoms with Crippen LogP contribution in [0.4, 0.5) is 11.8 Å². The zero-order valence-electron chi connectivity index (χ0n) is 9.35. The van der Waals surface area contributed by atoms with Gasteiger partial charge in [-0.15, -0.1) is 0 Å². The number of nitrogens with zero attached hydrogens (tertiary/aromatic N) is 2. The summed E-state index contributed by atoms with van der Waals surface area (Å²) in [6.07, 6.45) is 7.11. The van der Waals surface area contributed by atoms with Crippen molar-refractivity contribution in [3.8, 4) is 0 Å². The molecule has 1 aliphatic rings. The smallest absolute Gasteiger partial charge is 0.224 e. The molecule has 2 rings (SSSR count). The Hall–Kier alpha value is -1.36. The second-order valence-corrected chi connectivity index (χ2v) is 4.01. The van der Waals surface area contributed by atoms with Gasteiger partial charge in [-0.2, -0.15) is 4.98 Å². The van der Waals surface area contributed by atoms with Crippen molar-refractivity contribution in [3.05, 3.63) is 12.3 Å². The van der Waals surface area contributed by atoms with Crippen LogP contribution in [0.3, 0.4) is 0 Å². The number of rotatable bonds is 5. The van der Waals surface area contributed by atoms with Crippen molar-refractivity contribution < 1.29 is 4.74 Å². The Morgan fingerprint density at radius 3 is 3.00 bits per heavy atom. The fourth-order valence-electron chi connectivity index (χ4n) is 1.90. The summed E-state index contributed by atoms with van der Waals surface area (Å²) in [4.78, 5) is 8.09. The number of nitrogens with two attached hydrogens (primary N) is 1. The Balaban J connectivity index is 1.64. The molecule has 1 fully saturated rings. The molecular weight excluding hydrogens is 204 g/mol. The molecule has 0 radical (unpaired) electrons. The Morgan fingerprint density at radius 2 is 2.25 bits per heavy atom. The summed E-state index contributed by atoms with van der Waals surface area (Å²) in [5.74, 6) is 1.05. The third-order valence-electron chi connectivity index (χ3n) is 2.72. The zero-order valence-corrected chi connectivity index (χ0v) is 9.35. The van der Waals surface area contributed by atoms with E-state index in [2.05, 4.69) is 15.3 Å². The predicted molar refractivity (Wildman–Crippen MR) is 63.1 cm³/mol. The number of hydrogen-bond donors (Lipinski definition) is 2. The van der Waals surface area contributed by atoms with E-state index in [0.29, 0.717) is 24.5 Å². The molecule has 5 nitrogen and oxygen atoms in total. The molecule has 5 heteroatoms. The van der Waals surface area contributed by atoms with Gasteiger partial charge in [0.15, 0.2) is 0 Å². The summed E-state index contributed by atoms with van der Waals surface area (Å²) in [5, 5.41) is 3.08. The summed E-state index contributed by atoms with van der Waals surface area (Å²) >= 11 is 0. The molecule has 1 aromatic rings. The van der Waals surface area contributed by atoms with Crippen LogP contribution in [0.1, 0.15) is 25.7 Å². The van der Waals surface area contributed by atoms with E-state index in [4.69, 9.17) is 10.5 Å². The second-order valence-electron chi connectivity index (χ2n) is 4.01. The van der Waals surface area contributed by atoms with Crippen LogP contribution in [-0.2, 0) is 4.74 Å². The number of aromatic nitrogens is 2. The molecule has 1 saturated carbocycles. The second kappa shape index (κ2) is 5.65. The van der Waals surface area contributed by atoms with E-state index in [-0.39, 0.29) is 0 Å². The van der Waals surface area contributed by atoms with Gasteiger partial charge in [-0.1, -0.05) is 12.8 Å². The lowest BCUT2D eigenvalue weighted by Crippen LogP contribution is -2.16. The molecule has 88 valence electrons. The maximum Gasteiger partial charge on any atom is 0.224 e. The highest BCUT2D eigenvalue weighted by atomic mass is 16.5. The first-order chi connectivity index (χ1) is 7.84. The van der Waals surface area contributed by atoms with E-state index in [0.717, 1.165) is 6.54 Å². The van der Waals surface area contributed by atoms with E-state index < -0.39 is 0 Å². The topological polar surface area (TPSA) is 73.1 Å². The first kappa shape index (κ1) is 11.1. The van der Waals surface area contributed by atoms with E-state index in [9.17, 15) is 0 Å². The number of nitrogens with one attached hydrogen (secondary N) is 1. The average Bonchev–Trinajstić information content (AvgIpc) is 2.77. The molecule has 1 aromatic heterocycles. The van der Waals surface area contributed by atoms with Gasteiger partial charge in [0.2, 0.25) is 5.95 Å². The lowest BCUT2D eigenvalue weighted by molar-refractivity contribution is 0.0658. The minimum Gasteiger partial charge on any atom is -0.384 e. The largest absolute Gasteiger partial charge is 0.384 e. The van der Waals surface area contributed by atoms with Gasteiger partial charge in [-0.05, 0) is 18.9 Å². The van der Waals surface area contributed by atoms with E-state index in [1.165, 1.54) is 25.7 Å². The monoisotopic (exact) mass is 222 g/mol. The van der Waals surface area contributed by atoms with Gasteiger partial charge < -0.3 is 15.8 Å². The first-order valence-corrected chi connectivity index (χ1v) is 5.78. The number of ether oxygens (including phenoxy) is 1. The molecule has 0 atom stereocenters. The van der Waals surface area contributed by atoms with Gasteiger partial charge in [0, 0.05) is 12.7 Å². The van der Waals surface area contributed by atoms with E-state index in [1.807, 2.05) is 0 Å². The number of anilines is 2. The number of hydrogen-bond acceptors (Lipinski definition) is 5. The molecule has 0 unspecified atom stereocenters. The van der Waals surface area contributed by atoms with Gasteiger partial charge in [0.05, 0.1) is 12.7 Å². The standard InChI is InChI=1S/C11H18N4O/c12-10-5-6-13-11(15-10)14-7-8-16-9-3-1-2-4-9/h5-6,9H,1-4,7-8H2,(H3,12,13,14,15). The van der Waals surface area contributed by atoms with Crippen LogP contribution in [0.15, 0.2) is 12.3 Å². The van der Waals surface area contributed by atoms with Crippen LogP contribution in [0.5, 0.6) is 0 Å². The summed E-state index contributed by atoms with van der Waals surface area (Å²) in [6.45, 7) is 1.42. The highest BCUT2D eigenvalue weighted by Crippen LogP contribution is 2.20. The molecule has 16 heavy (non-hydrogen) atoms. The van der Waals surface area contributed by atoms with Crippen LogP contribution in [0.2, 0.25) is 0 Å². The van der Waals surface area contributed by atoms with Crippen molar-refractivity contribution in [2.24, 2.45) is 0 Å². The Morgan fingerprint density at radius 1 is 1.44 bits per heavy atom. The number of nitrogen functional groups attached to an aromatic ring is 1. The van der Waals surface area contributed by atoms with E-state index >= 15 is 0 Å². The third kappa shape index (κ3) is 3.34. The average molecular weight is 222 g/mol. The lowest BCUT2D eigenvalue weighted by atomic mass is 10.3. The van der Waals surface area contributed by atoms with Gasteiger partial charge in [0.1, 0.15) is 5.82 Å². The van der Waals surface area contributed by atoms with Gasteiger partial charge >= 0.3 is 0 Å². The van der Waals surface area contributed by atoms with Crippen molar-refractivity contribution in [1.29, 1.82) is 0 Å². The van der Waals surface area contributed by atoms with Crippen molar-refractivity contribution in [1.82, 2.24) is 9.97 Å². The van der Waals surface area contributed by atoms with Crippen molar-refractivity contribution >= 4 is 11.8 Å². The molecule has 3 N–H and O–H groups in total. The Labute approximate surface area is 95.4 Å². The molecule has 0 saturated heterocycles. The molecule has 1 heterocycles. The van der Waals surface area contributed by atoms with Crippen molar-refractivity contribution in [2.75, 3.05) is 24.2 Å². The fourth-order valence-corrected chi connectivity index (χ4v) is 1.90. The minimum absolute atomic E-state index is 0.462. The summed E-state index contributed by atoms with van der Waals surface area (Å²) in [6, 6.07) is 1.67. The van der Waals surface area contributed by atoms with Crippen LogP contribution in [-0.4, -0.2) is 29.2 Å². The lowest BCUT2D eigenvalue weighted by Gasteiger charge is -2.11. The quantitative estimate of drug-likeness (QED) is 0.737. The maximum atomic E-state index is 5.71. The molecule has 0 bridgehead atoms. The molecule has 0 spiro atoms. The predicted octanol–water partition coefficient (Wildman–Crippen LogP) is 1.43. The SMILES string of the molecule is Nc1ccnc(NCCOC2CCCC2)n1. The normalized spacial score (nSPS) is 16.5. The first-order valence-electron chi connectivity index (χ1n) is 5.78. The Bertz CT molecular complexity index is 326. The van der Waals surface area contributed by atoms with E-state index in [1.54, 1.807) is 12.3 Å². The summed E-state index contributed by atoms with van der Waals surface area (Å²) in [5.41, 5.74) is 5.54. The third-order valence-corrected chi connectivity index (χ3v) is 2.72. The highest BCUT2D eigenvalue weighted by molar-refractivity contribution is 5.34. The van der Waals surface area contributed by atoms with Crippen molar-refractivity contribution in [2.45, 2.75) is 31.8 Å². The molecule has 1 aliphatic carbocycles. The van der Waals surface area contributed by atoms with Crippen molar-refractivity contribution in [3.63, 3.8) is 0 Å². The fraction of sp³-hybridized carbons (Fsp3) is 0.636.